The van der Waals surface area contributed by atoms with Crippen molar-refractivity contribution in [2.24, 2.45) is 5.92 Å². The Bertz CT molecular complexity index is 375. The second-order valence-corrected chi connectivity index (χ2v) is 5.00. The molecule has 0 N–H and O–H groups in total. The number of nitrogens with zero attached hydrogens (tertiary/aromatic N) is 2. The molecule has 0 amide bonds. The summed E-state index contributed by atoms with van der Waals surface area (Å²) in [5.74, 6) is 0.818. The van der Waals surface area contributed by atoms with E-state index in [4.69, 9.17) is 0 Å². The summed E-state index contributed by atoms with van der Waals surface area (Å²) in [5, 5.41) is 4.57. The summed E-state index contributed by atoms with van der Waals surface area (Å²) in [6, 6.07) is 2.56. The Morgan fingerprint density at radius 3 is 2.76 bits per heavy atom. The monoisotopic (exact) mass is 234 g/mol. The van der Waals surface area contributed by atoms with E-state index in [9.17, 15) is 4.79 Å². The first kappa shape index (κ1) is 12.3. The fraction of sp³-hybridized carbons (Fsp3) is 0.714. The largest absolute Gasteiger partial charge is 0.299 e. The molecule has 0 aliphatic heterocycles. The normalized spacial score (nSPS) is 15.5. The molecule has 0 spiro atoms. The predicted molar refractivity (Wildman–Crippen MR) is 67.9 cm³/mol. The van der Waals surface area contributed by atoms with Crippen molar-refractivity contribution >= 4 is 5.78 Å². The van der Waals surface area contributed by atoms with Crippen molar-refractivity contribution < 1.29 is 4.79 Å². The molecule has 0 radical (unpaired) electrons. The number of Topliss-reactive ketones (excluding diaryl/α,β-unsaturated/α-hetero) is 1. The number of hydrogen-bond acceptors (Lipinski definition) is 2. The first-order chi connectivity index (χ1) is 8.24. The maximum Gasteiger partial charge on any atom is 0.136 e. The van der Waals surface area contributed by atoms with Crippen LogP contribution < -0.4 is 0 Å². The highest BCUT2D eigenvalue weighted by atomic mass is 16.1. The Kier molecular flexibility index (Phi) is 3.97. The van der Waals surface area contributed by atoms with Gasteiger partial charge in [0.25, 0.3) is 0 Å². The van der Waals surface area contributed by atoms with Crippen LogP contribution in [0.25, 0.3) is 0 Å². The molecule has 0 aromatic carbocycles. The minimum atomic E-state index is 0.385. The van der Waals surface area contributed by atoms with Crippen LogP contribution in [-0.4, -0.2) is 15.6 Å². The van der Waals surface area contributed by atoms with Crippen LogP contribution in [0.2, 0.25) is 0 Å². The van der Waals surface area contributed by atoms with Gasteiger partial charge in [-0.3, -0.25) is 9.48 Å². The van der Waals surface area contributed by atoms with E-state index in [0.717, 1.165) is 37.8 Å². The van der Waals surface area contributed by atoms with E-state index in [2.05, 4.69) is 35.9 Å². The molecule has 1 fully saturated rings. The summed E-state index contributed by atoms with van der Waals surface area (Å²) in [4.78, 5) is 11.6. The quantitative estimate of drug-likeness (QED) is 0.726. The molecular weight excluding hydrogens is 212 g/mol. The van der Waals surface area contributed by atoms with Gasteiger partial charge in [-0.15, -0.1) is 0 Å². The number of rotatable bonds is 7. The van der Waals surface area contributed by atoms with E-state index >= 15 is 0 Å². The molecule has 17 heavy (non-hydrogen) atoms. The molecule has 1 aromatic rings. The summed E-state index contributed by atoms with van der Waals surface area (Å²) in [7, 11) is 0. The molecule has 0 unspecified atom stereocenters. The first-order valence-electron chi connectivity index (χ1n) is 6.81. The third-order valence-corrected chi connectivity index (χ3v) is 3.64. The molecule has 0 bridgehead atoms. The Morgan fingerprint density at radius 2 is 2.18 bits per heavy atom. The summed E-state index contributed by atoms with van der Waals surface area (Å²) in [6.45, 7) is 4.37. The number of aryl methyl sites for hydroxylation is 1. The number of aromatic nitrogens is 2. The number of carbonyl (C=O) groups excluding carboxylic acids is 1. The highest BCUT2D eigenvalue weighted by molar-refractivity contribution is 5.83. The van der Waals surface area contributed by atoms with Crippen molar-refractivity contribution in [2.75, 3.05) is 0 Å². The van der Waals surface area contributed by atoms with Gasteiger partial charge in [0.05, 0.1) is 11.7 Å². The lowest BCUT2D eigenvalue weighted by Gasteiger charge is -2.12. The molecule has 1 aliphatic rings. The molecule has 0 atom stereocenters. The van der Waals surface area contributed by atoms with E-state index in [-0.39, 0.29) is 0 Å². The van der Waals surface area contributed by atoms with Crippen LogP contribution in [0.15, 0.2) is 12.3 Å². The summed E-state index contributed by atoms with van der Waals surface area (Å²) in [6.07, 6.45) is 7.97. The number of carbonyl (C=O) groups is 1. The first-order valence-corrected chi connectivity index (χ1v) is 6.81. The predicted octanol–water partition coefficient (Wildman–Crippen LogP) is 3.16. The molecule has 3 nitrogen and oxygen atoms in total. The van der Waals surface area contributed by atoms with Gasteiger partial charge in [-0.05, 0) is 38.2 Å². The van der Waals surface area contributed by atoms with E-state index in [0.29, 0.717) is 24.2 Å². The van der Waals surface area contributed by atoms with Gasteiger partial charge in [-0.2, -0.15) is 5.10 Å². The van der Waals surface area contributed by atoms with Gasteiger partial charge in [0.15, 0.2) is 0 Å². The second-order valence-electron chi connectivity index (χ2n) is 5.00. The van der Waals surface area contributed by atoms with Crippen molar-refractivity contribution in [1.82, 2.24) is 9.78 Å². The average molecular weight is 234 g/mol. The molecule has 1 aliphatic carbocycles. The van der Waals surface area contributed by atoms with E-state index < -0.39 is 0 Å². The zero-order valence-corrected chi connectivity index (χ0v) is 10.9. The third kappa shape index (κ3) is 3.18. The lowest BCUT2D eigenvalue weighted by molar-refractivity contribution is -0.120. The summed E-state index contributed by atoms with van der Waals surface area (Å²) < 4.78 is 2.05. The minimum absolute atomic E-state index is 0.385. The van der Waals surface area contributed by atoms with Crippen LogP contribution in [0.4, 0.5) is 0 Å². The Balaban J connectivity index is 1.86. The molecule has 1 aromatic heterocycles. The van der Waals surface area contributed by atoms with Crippen LogP contribution in [0.3, 0.4) is 0 Å². The molecule has 0 saturated heterocycles. The Morgan fingerprint density at radius 1 is 1.47 bits per heavy atom. The van der Waals surface area contributed by atoms with Crippen LogP contribution in [-0.2, 0) is 11.2 Å². The number of ketones is 1. The van der Waals surface area contributed by atoms with Crippen LogP contribution in [0, 0.1) is 5.92 Å². The van der Waals surface area contributed by atoms with Crippen molar-refractivity contribution in [1.29, 1.82) is 0 Å². The summed E-state index contributed by atoms with van der Waals surface area (Å²) in [5.41, 5.74) is 1.06. The van der Waals surface area contributed by atoms with Gasteiger partial charge in [0.2, 0.25) is 0 Å². The minimum Gasteiger partial charge on any atom is -0.299 e. The molecule has 1 saturated carbocycles. The van der Waals surface area contributed by atoms with Crippen molar-refractivity contribution in [3.63, 3.8) is 0 Å². The molecular formula is C14H22N2O. The summed E-state index contributed by atoms with van der Waals surface area (Å²) >= 11 is 0. The van der Waals surface area contributed by atoms with E-state index in [1.54, 1.807) is 0 Å². The fourth-order valence-electron chi connectivity index (χ4n) is 2.24. The lowest BCUT2D eigenvalue weighted by Crippen LogP contribution is -2.08. The smallest absolute Gasteiger partial charge is 0.136 e. The standard InChI is InChI=1S/C14H22N2O/c1-3-13(4-2)16-10-9-12(15-16)7-8-14(17)11-5-6-11/h9-11,13H,3-8H2,1-2H3. The highest BCUT2D eigenvalue weighted by Crippen LogP contribution is 2.31. The maximum absolute atomic E-state index is 11.6. The Hall–Kier alpha value is -1.12. The zero-order valence-electron chi connectivity index (χ0n) is 10.9. The van der Waals surface area contributed by atoms with Gasteiger partial charge >= 0.3 is 0 Å². The van der Waals surface area contributed by atoms with Crippen molar-refractivity contribution in [3.05, 3.63) is 18.0 Å². The second kappa shape index (κ2) is 5.48. The number of hydrogen-bond donors (Lipinski definition) is 0. The third-order valence-electron chi connectivity index (χ3n) is 3.64. The average Bonchev–Trinajstić information content (AvgIpc) is 3.09. The van der Waals surface area contributed by atoms with Crippen molar-refractivity contribution in [3.8, 4) is 0 Å². The van der Waals surface area contributed by atoms with Crippen molar-refractivity contribution in [2.45, 2.75) is 58.4 Å². The SMILES string of the molecule is CCC(CC)n1ccc(CCC(=O)C2CC2)n1. The zero-order chi connectivity index (χ0) is 12.3. The lowest BCUT2D eigenvalue weighted by atomic mass is 10.1. The molecule has 1 heterocycles. The van der Waals surface area contributed by atoms with Gasteiger partial charge in [-0.1, -0.05) is 13.8 Å². The topological polar surface area (TPSA) is 34.9 Å². The van der Waals surface area contributed by atoms with Crippen LogP contribution >= 0.6 is 0 Å². The molecule has 94 valence electrons. The van der Waals surface area contributed by atoms with Gasteiger partial charge in [0.1, 0.15) is 5.78 Å². The maximum atomic E-state index is 11.6. The van der Waals surface area contributed by atoms with Gasteiger partial charge in [0, 0.05) is 18.5 Å². The molecule has 2 rings (SSSR count). The van der Waals surface area contributed by atoms with Crippen LogP contribution in [0.5, 0.6) is 0 Å². The molecule has 3 heteroatoms. The van der Waals surface area contributed by atoms with Gasteiger partial charge in [-0.25, -0.2) is 0 Å². The van der Waals surface area contributed by atoms with E-state index in [1.165, 1.54) is 0 Å². The Labute approximate surface area is 103 Å². The van der Waals surface area contributed by atoms with Gasteiger partial charge < -0.3 is 0 Å². The highest BCUT2D eigenvalue weighted by Gasteiger charge is 2.28. The fourth-order valence-corrected chi connectivity index (χ4v) is 2.24. The van der Waals surface area contributed by atoms with E-state index in [1.807, 2.05) is 0 Å². The van der Waals surface area contributed by atoms with Crippen LogP contribution in [0.1, 0.15) is 57.7 Å².